The smallest absolute Gasteiger partial charge is 0.151 e. The summed E-state index contributed by atoms with van der Waals surface area (Å²) >= 11 is 2.18. The van der Waals surface area contributed by atoms with Gasteiger partial charge in [0.25, 0.3) is 0 Å². The molecular formula is C20H17IN2. The van der Waals surface area contributed by atoms with E-state index in [1.807, 2.05) is 65.6 Å². The summed E-state index contributed by atoms with van der Waals surface area (Å²) in [4.78, 5) is 0. The minimum Gasteiger partial charge on any atom is -0.197 e. The van der Waals surface area contributed by atoms with Crippen molar-refractivity contribution < 1.29 is 0 Å². The van der Waals surface area contributed by atoms with Crippen LogP contribution in [0, 0.1) is 35.0 Å². The van der Waals surface area contributed by atoms with Crippen molar-refractivity contribution in [2.24, 2.45) is 5.41 Å². The van der Waals surface area contributed by atoms with Gasteiger partial charge in [0.15, 0.2) is 5.41 Å². The van der Waals surface area contributed by atoms with Crippen LogP contribution in [-0.4, -0.2) is 0 Å². The lowest BCUT2D eigenvalue weighted by Gasteiger charge is -2.20. The summed E-state index contributed by atoms with van der Waals surface area (Å²) in [5, 5.41) is 19.4. The Balaban J connectivity index is 2.29. The van der Waals surface area contributed by atoms with E-state index < -0.39 is 5.41 Å². The molecule has 2 aromatic rings. The summed E-state index contributed by atoms with van der Waals surface area (Å²) in [5.74, 6) is 0. The van der Waals surface area contributed by atoms with Crippen molar-refractivity contribution in [3.05, 3.63) is 75.4 Å². The molecule has 3 heteroatoms. The van der Waals surface area contributed by atoms with Gasteiger partial charge in [-0.1, -0.05) is 82.8 Å². The Labute approximate surface area is 151 Å². The van der Waals surface area contributed by atoms with Crippen molar-refractivity contribution in [3.8, 4) is 12.1 Å². The molecule has 23 heavy (non-hydrogen) atoms. The quantitative estimate of drug-likeness (QED) is 0.615. The molecular weight excluding hydrogens is 395 g/mol. The maximum absolute atomic E-state index is 9.68. The molecule has 0 heterocycles. The number of nitrogens with zero attached hydrogens (tertiary/aromatic N) is 2. The second-order valence-corrected chi connectivity index (χ2v) is 6.27. The van der Waals surface area contributed by atoms with E-state index in [9.17, 15) is 10.5 Å². The Bertz CT molecular complexity index is 748. The topological polar surface area (TPSA) is 47.6 Å². The standard InChI is InChI=1S/C20H17IN2/c1-16-7-9-17(10-8-16)11-20(14-22,15-23)12-19(13-21)18-5-3-2-4-6-18/h2-10,13H,11-12H2,1H3/b19-13+. The maximum atomic E-state index is 9.68. The van der Waals surface area contributed by atoms with Gasteiger partial charge in [0.1, 0.15) is 0 Å². The van der Waals surface area contributed by atoms with E-state index in [0.29, 0.717) is 12.8 Å². The van der Waals surface area contributed by atoms with Crippen LogP contribution in [0.4, 0.5) is 0 Å². The van der Waals surface area contributed by atoms with Crippen LogP contribution < -0.4 is 0 Å². The van der Waals surface area contributed by atoms with Crippen molar-refractivity contribution in [3.63, 3.8) is 0 Å². The van der Waals surface area contributed by atoms with Crippen LogP contribution in [0.1, 0.15) is 23.1 Å². The summed E-state index contributed by atoms with van der Waals surface area (Å²) in [7, 11) is 0. The number of allylic oxidation sites excluding steroid dienone is 1. The third-order valence-corrected chi connectivity index (χ3v) is 4.57. The molecule has 0 N–H and O–H groups in total. The van der Waals surface area contributed by atoms with Gasteiger partial charge in [-0.3, -0.25) is 0 Å². The summed E-state index contributed by atoms with van der Waals surface area (Å²) in [6.07, 6.45) is 0.849. The third-order valence-electron chi connectivity index (χ3n) is 3.82. The van der Waals surface area contributed by atoms with Gasteiger partial charge in [-0.25, -0.2) is 0 Å². The van der Waals surface area contributed by atoms with Crippen LogP contribution in [0.25, 0.3) is 5.57 Å². The largest absolute Gasteiger partial charge is 0.197 e. The first kappa shape index (κ1) is 17.2. The first-order chi connectivity index (χ1) is 11.1. The van der Waals surface area contributed by atoms with Crippen molar-refractivity contribution >= 4 is 28.2 Å². The van der Waals surface area contributed by atoms with E-state index in [2.05, 4.69) is 34.7 Å². The van der Waals surface area contributed by atoms with Gasteiger partial charge < -0.3 is 0 Å². The number of benzene rings is 2. The van der Waals surface area contributed by atoms with Gasteiger partial charge in [0, 0.05) is 12.8 Å². The zero-order valence-corrected chi connectivity index (χ0v) is 15.1. The zero-order valence-electron chi connectivity index (χ0n) is 13.0. The monoisotopic (exact) mass is 412 g/mol. The fraction of sp³-hybridized carbons (Fsp3) is 0.200. The van der Waals surface area contributed by atoms with E-state index in [1.54, 1.807) is 0 Å². The maximum Gasteiger partial charge on any atom is 0.151 e. The minimum absolute atomic E-state index is 0.417. The van der Waals surface area contributed by atoms with Gasteiger partial charge in [-0.2, -0.15) is 10.5 Å². The fourth-order valence-corrected chi connectivity index (χ4v) is 3.06. The van der Waals surface area contributed by atoms with E-state index in [4.69, 9.17) is 0 Å². The average Bonchev–Trinajstić information content (AvgIpc) is 2.61. The van der Waals surface area contributed by atoms with Crippen molar-refractivity contribution in [1.82, 2.24) is 0 Å². The molecule has 2 rings (SSSR count). The number of nitriles is 2. The predicted molar refractivity (Wildman–Crippen MR) is 102 cm³/mol. The van der Waals surface area contributed by atoms with Crippen LogP contribution >= 0.6 is 22.6 Å². The normalized spacial score (nSPS) is 11.6. The predicted octanol–water partition coefficient (Wildman–Crippen LogP) is 5.44. The molecule has 0 aromatic heterocycles. The van der Waals surface area contributed by atoms with E-state index in [-0.39, 0.29) is 0 Å². The van der Waals surface area contributed by atoms with E-state index in [0.717, 1.165) is 16.7 Å². The Kier molecular flexibility index (Phi) is 5.96. The van der Waals surface area contributed by atoms with Crippen molar-refractivity contribution in [1.29, 1.82) is 10.5 Å². The number of rotatable bonds is 5. The Hall–Kier alpha value is -2.11. The number of aryl methyl sites for hydroxylation is 1. The zero-order chi connectivity index (χ0) is 16.7. The summed E-state index contributed by atoms with van der Waals surface area (Å²) in [5.41, 5.74) is 3.20. The lowest BCUT2D eigenvalue weighted by Crippen LogP contribution is -2.20. The van der Waals surface area contributed by atoms with Crippen LogP contribution in [0.3, 0.4) is 0 Å². The van der Waals surface area contributed by atoms with Crippen molar-refractivity contribution in [2.45, 2.75) is 19.8 Å². The second kappa shape index (κ2) is 7.94. The molecule has 0 fully saturated rings. The highest BCUT2D eigenvalue weighted by atomic mass is 127. The molecule has 0 aliphatic carbocycles. The first-order valence-corrected chi connectivity index (χ1v) is 8.60. The van der Waals surface area contributed by atoms with Crippen LogP contribution in [0.5, 0.6) is 0 Å². The molecule has 0 saturated heterocycles. The third kappa shape index (κ3) is 4.43. The van der Waals surface area contributed by atoms with Crippen LogP contribution in [0.15, 0.2) is 58.7 Å². The highest BCUT2D eigenvalue weighted by molar-refractivity contribution is 14.1. The van der Waals surface area contributed by atoms with Crippen LogP contribution in [0.2, 0.25) is 0 Å². The average molecular weight is 412 g/mol. The molecule has 0 atom stereocenters. The molecule has 0 saturated carbocycles. The number of hydrogen-bond donors (Lipinski definition) is 0. The molecule has 0 amide bonds. The Morgan fingerprint density at radius 2 is 1.65 bits per heavy atom. The van der Waals surface area contributed by atoms with Gasteiger partial charge in [-0.05, 0) is 27.7 Å². The molecule has 0 aliphatic heterocycles. The molecule has 0 unspecified atom stereocenters. The molecule has 114 valence electrons. The Morgan fingerprint density at radius 1 is 1.04 bits per heavy atom. The van der Waals surface area contributed by atoms with Gasteiger partial charge >= 0.3 is 0 Å². The van der Waals surface area contributed by atoms with Gasteiger partial charge in [0.05, 0.1) is 12.1 Å². The fourth-order valence-electron chi connectivity index (χ4n) is 2.48. The summed E-state index contributed by atoms with van der Waals surface area (Å²) in [6.45, 7) is 2.03. The lowest BCUT2D eigenvalue weighted by atomic mass is 9.78. The summed E-state index contributed by atoms with van der Waals surface area (Å²) in [6, 6.07) is 22.5. The SMILES string of the molecule is Cc1ccc(CC(C#N)(C#N)C/C(=C\I)c2ccccc2)cc1. The molecule has 0 spiro atoms. The number of halogens is 1. The lowest BCUT2D eigenvalue weighted by molar-refractivity contribution is 0.534. The van der Waals surface area contributed by atoms with Crippen molar-refractivity contribution in [2.75, 3.05) is 0 Å². The highest BCUT2D eigenvalue weighted by Crippen LogP contribution is 2.34. The summed E-state index contributed by atoms with van der Waals surface area (Å²) < 4.78 is 1.96. The molecule has 2 nitrogen and oxygen atoms in total. The minimum atomic E-state index is -1.05. The molecule has 2 aromatic carbocycles. The second-order valence-electron chi connectivity index (χ2n) is 5.65. The van der Waals surface area contributed by atoms with Gasteiger partial charge in [0.2, 0.25) is 0 Å². The van der Waals surface area contributed by atoms with Gasteiger partial charge in [-0.15, -0.1) is 0 Å². The Morgan fingerprint density at radius 3 is 2.17 bits per heavy atom. The first-order valence-electron chi connectivity index (χ1n) is 7.35. The molecule has 0 radical (unpaired) electrons. The van der Waals surface area contributed by atoms with E-state index in [1.165, 1.54) is 5.56 Å². The number of hydrogen-bond acceptors (Lipinski definition) is 2. The molecule has 0 bridgehead atoms. The highest BCUT2D eigenvalue weighted by Gasteiger charge is 2.32. The van der Waals surface area contributed by atoms with E-state index >= 15 is 0 Å². The molecule has 0 aliphatic rings. The van der Waals surface area contributed by atoms with Crippen LogP contribution in [-0.2, 0) is 6.42 Å².